The van der Waals surface area contributed by atoms with E-state index in [-0.39, 0.29) is 25.7 Å². The summed E-state index contributed by atoms with van der Waals surface area (Å²) in [5.41, 5.74) is -0.00688. The molecule has 1 aromatic rings. The number of nitrogens with zero attached hydrogens (tertiary/aromatic N) is 1. The molecule has 1 heterocycles. The lowest BCUT2D eigenvalue weighted by atomic mass is 10.1. The second kappa shape index (κ2) is 5.15. The number of hydrogen-bond donors (Lipinski definition) is 1. The SMILES string of the molecule is O=C(O)Cc1cnc(I)c(C(F)F)c1Br. The van der Waals surface area contributed by atoms with Gasteiger partial charge in [0, 0.05) is 10.7 Å². The van der Waals surface area contributed by atoms with Gasteiger partial charge in [0.25, 0.3) is 6.43 Å². The quantitative estimate of drug-likeness (QED) is 0.636. The molecule has 15 heavy (non-hydrogen) atoms. The molecule has 1 aromatic heterocycles. The predicted molar refractivity (Wildman–Crippen MR) is 61.0 cm³/mol. The highest BCUT2D eigenvalue weighted by molar-refractivity contribution is 14.1. The Morgan fingerprint density at radius 2 is 2.27 bits per heavy atom. The number of carbonyl (C=O) groups is 1. The molecular weight excluding hydrogens is 387 g/mol. The molecule has 0 bridgehead atoms. The maximum atomic E-state index is 12.6. The van der Waals surface area contributed by atoms with Crippen LogP contribution in [0.4, 0.5) is 8.78 Å². The average molecular weight is 392 g/mol. The summed E-state index contributed by atoms with van der Waals surface area (Å²) < 4.78 is 25.5. The maximum Gasteiger partial charge on any atom is 0.307 e. The number of alkyl halides is 2. The Balaban J connectivity index is 3.22. The molecule has 0 saturated heterocycles. The first-order valence-corrected chi connectivity index (χ1v) is 5.63. The third-order valence-electron chi connectivity index (χ3n) is 1.63. The Labute approximate surface area is 106 Å². The second-order valence-electron chi connectivity index (χ2n) is 2.67. The molecule has 3 nitrogen and oxygen atoms in total. The van der Waals surface area contributed by atoms with E-state index in [9.17, 15) is 13.6 Å². The number of halogens is 4. The van der Waals surface area contributed by atoms with Crippen LogP contribution in [0.3, 0.4) is 0 Å². The summed E-state index contributed by atoms with van der Waals surface area (Å²) in [5.74, 6) is -1.08. The third-order valence-corrected chi connectivity index (χ3v) is 3.43. The van der Waals surface area contributed by atoms with Crippen molar-refractivity contribution in [1.82, 2.24) is 4.98 Å². The predicted octanol–water partition coefficient (Wildman–Crippen LogP) is 3.01. The van der Waals surface area contributed by atoms with Gasteiger partial charge >= 0.3 is 5.97 Å². The Bertz CT molecular complexity index is 400. The van der Waals surface area contributed by atoms with E-state index in [1.54, 1.807) is 22.6 Å². The molecule has 0 spiro atoms. The molecule has 0 radical (unpaired) electrons. The maximum absolute atomic E-state index is 12.6. The van der Waals surface area contributed by atoms with Crippen LogP contribution in [0.1, 0.15) is 17.6 Å². The fourth-order valence-electron chi connectivity index (χ4n) is 0.996. The number of rotatable bonds is 3. The molecule has 1 N–H and O–H groups in total. The van der Waals surface area contributed by atoms with Crippen LogP contribution in [0, 0.1) is 3.70 Å². The smallest absolute Gasteiger partial charge is 0.307 e. The van der Waals surface area contributed by atoms with Crippen LogP contribution in [0.25, 0.3) is 0 Å². The summed E-state index contributed by atoms with van der Waals surface area (Å²) in [7, 11) is 0. The zero-order chi connectivity index (χ0) is 11.6. The number of aliphatic carboxylic acids is 1. The number of carboxylic acids is 1. The Morgan fingerprint density at radius 3 is 2.73 bits per heavy atom. The summed E-state index contributed by atoms with van der Waals surface area (Å²) >= 11 is 4.66. The Kier molecular flexibility index (Phi) is 4.38. The van der Waals surface area contributed by atoms with Crippen molar-refractivity contribution in [3.8, 4) is 0 Å². The van der Waals surface area contributed by atoms with Crippen molar-refractivity contribution < 1.29 is 18.7 Å². The van der Waals surface area contributed by atoms with E-state index in [4.69, 9.17) is 5.11 Å². The lowest BCUT2D eigenvalue weighted by molar-refractivity contribution is -0.136. The Hall–Kier alpha value is -0.310. The van der Waals surface area contributed by atoms with Gasteiger partial charge in [-0.15, -0.1) is 0 Å². The van der Waals surface area contributed by atoms with Gasteiger partial charge in [-0.25, -0.2) is 13.8 Å². The second-order valence-corrected chi connectivity index (χ2v) is 4.49. The normalized spacial score (nSPS) is 10.7. The van der Waals surface area contributed by atoms with Crippen LogP contribution >= 0.6 is 38.5 Å². The Morgan fingerprint density at radius 1 is 1.67 bits per heavy atom. The van der Waals surface area contributed by atoms with Crippen LogP contribution in [0.15, 0.2) is 10.7 Å². The van der Waals surface area contributed by atoms with E-state index in [0.29, 0.717) is 0 Å². The van der Waals surface area contributed by atoms with Gasteiger partial charge in [-0.05, 0) is 44.1 Å². The molecule has 0 atom stereocenters. The molecular formula is C8H5BrF2INO2. The highest BCUT2D eigenvalue weighted by atomic mass is 127. The van der Waals surface area contributed by atoms with Crippen LogP contribution in [-0.4, -0.2) is 16.1 Å². The summed E-state index contributed by atoms with van der Waals surface area (Å²) in [6, 6.07) is 0. The first-order valence-electron chi connectivity index (χ1n) is 3.76. The number of carboxylic acid groups (broad SMARTS) is 1. The summed E-state index contributed by atoms with van der Waals surface area (Å²) in [6.45, 7) is 0. The largest absolute Gasteiger partial charge is 0.481 e. The molecule has 0 aliphatic heterocycles. The van der Waals surface area contributed by atoms with Gasteiger partial charge in [0.15, 0.2) is 0 Å². The van der Waals surface area contributed by atoms with Crippen molar-refractivity contribution in [3.05, 3.63) is 25.5 Å². The molecule has 0 fully saturated rings. The number of hydrogen-bond acceptors (Lipinski definition) is 2. The minimum absolute atomic E-state index is 0.124. The minimum atomic E-state index is -2.67. The van der Waals surface area contributed by atoms with Crippen LogP contribution in [0.2, 0.25) is 0 Å². The summed E-state index contributed by atoms with van der Waals surface area (Å²) in [6.07, 6.45) is -1.72. The molecule has 0 aliphatic carbocycles. The van der Waals surface area contributed by atoms with Crippen molar-refractivity contribution in [2.45, 2.75) is 12.8 Å². The van der Waals surface area contributed by atoms with E-state index in [2.05, 4.69) is 20.9 Å². The zero-order valence-electron chi connectivity index (χ0n) is 7.18. The first-order chi connectivity index (χ1) is 6.93. The average Bonchev–Trinajstić information content (AvgIpc) is 2.09. The highest BCUT2D eigenvalue weighted by Crippen LogP contribution is 2.32. The lowest BCUT2D eigenvalue weighted by Crippen LogP contribution is -2.05. The van der Waals surface area contributed by atoms with Crippen LogP contribution < -0.4 is 0 Å². The van der Waals surface area contributed by atoms with Crippen molar-refractivity contribution in [1.29, 1.82) is 0 Å². The fourth-order valence-corrected chi connectivity index (χ4v) is 2.61. The van der Waals surface area contributed by atoms with Crippen molar-refractivity contribution in [2.24, 2.45) is 0 Å². The van der Waals surface area contributed by atoms with Gasteiger partial charge in [0.2, 0.25) is 0 Å². The van der Waals surface area contributed by atoms with E-state index in [0.717, 1.165) is 0 Å². The van der Waals surface area contributed by atoms with Crippen molar-refractivity contribution in [2.75, 3.05) is 0 Å². The number of aromatic nitrogens is 1. The minimum Gasteiger partial charge on any atom is -0.481 e. The highest BCUT2D eigenvalue weighted by Gasteiger charge is 2.20. The number of pyridine rings is 1. The van der Waals surface area contributed by atoms with Gasteiger partial charge in [0.05, 0.1) is 12.0 Å². The standard InChI is InChI=1S/C8H5BrF2INO2/c9-6-3(1-4(14)15)2-13-8(12)5(6)7(10)11/h2,7H,1H2,(H,14,15). The van der Waals surface area contributed by atoms with Crippen molar-refractivity contribution in [3.63, 3.8) is 0 Å². The topological polar surface area (TPSA) is 50.2 Å². The summed E-state index contributed by atoms with van der Waals surface area (Å²) in [4.78, 5) is 14.2. The molecule has 82 valence electrons. The third kappa shape index (κ3) is 3.07. The van der Waals surface area contributed by atoms with Gasteiger partial charge in [-0.3, -0.25) is 4.79 Å². The van der Waals surface area contributed by atoms with Crippen LogP contribution in [0.5, 0.6) is 0 Å². The van der Waals surface area contributed by atoms with Gasteiger partial charge < -0.3 is 5.11 Å². The molecule has 1 rings (SSSR count). The van der Waals surface area contributed by atoms with Gasteiger partial charge in [-0.1, -0.05) is 0 Å². The van der Waals surface area contributed by atoms with E-state index < -0.39 is 12.4 Å². The monoisotopic (exact) mass is 391 g/mol. The van der Waals surface area contributed by atoms with Gasteiger partial charge in [-0.2, -0.15) is 0 Å². The molecule has 0 amide bonds. The lowest BCUT2D eigenvalue weighted by Gasteiger charge is -2.09. The molecule has 0 unspecified atom stereocenters. The van der Waals surface area contributed by atoms with E-state index >= 15 is 0 Å². The van der Waals surface area contributed by atoms with Gasteiger partial charge in [0.1, 0.15) is 3.70 Å². The first kappa shape index (κ1) is 12.8. The van der Waals surface area contributed by atoms with E-state index in [1.807, 2.05) is 0 Å². The molecule has 0 saturated carbocycles. The summed E-state index contributed by atoms with van der Waals surface area (Å²) in [5, 5.41) is 8.55. The molecule has 7 heteroatoms. The zero-order valence-corrected chi connectivity index (χ0v) is 10.9. The fraction of sp³-hybridized carbons (Fsp3) is 0.250. The van der Waals surface area contributed by atoms with E-state index in [1.165, 1.54) is 6.20 Å². The molecule has 0 aromatic carbocycles. The van der Waals surface area contributed by atoms with Crippen LogP contribution in [-0.2, 0) is 11.2 Å². The molecule has 0 aliphatic rings. The van der Waals surface area contributed by atoms with Crippen molar-refractivity contribution >= 4 is 44.5 Å².